The van der Waals surface area contributed by atoms with Crippen molar-refractivity contribution in [1.29, 1.82) is 0 Å². The maximum atomic E-state index is 13.5. The van der Waals surface area contributed by atoms with Crippen molar-refractivity contribution in [3.63, 3.8) is 0 Å². The molecule has 1 unspecified atom stereocenters. The molecule has 1 atom stereocenters. The summed E-state index contributed by atoms with van der Waals surface area (Å²) in [5.41, 5.74) is 1.40. The van der Waals surface area contributed by atoms with Crippen LogP contribution < -0.4 is 0 Å². The number of piperidine rings is 1. The lowest BCUT2D eigenvalue weighted by molar-refractivity contribution is 0.0142. The Kier molecular flexibility index (Phi) is 8.49. The van der Waals surface area contributed by atoms with E-state index in [1.165, 1.54) is 0 Å². The summed E-state index contributed by atoms with van der Waals surface area (Å²) in [5.74, 6) is 0.566. The third-order valence-corrected chi connectivity index (χ3v) is 7.77. The van der Waals surface area contributed by atoms with Gasteiger partial charge in [-0.05, 0) is 65.7 Å². The number of ether oxygens (including phenoxy) is 2. The highest BCUT2D eigenvalue weighted by Gasteiger charge is 2.40. The maximum absolute atomic E-state index is 13.5. The van der Waals surface area contributed by atoms with Crippen LogP contribution in [-0.2, 0) is 9.47 Å². The van der Waals surface area contributed by atoms with E-state index in [0.717, 1.165) is 57.1 Å². The van der Waals surface area contributed by atoms with Crippen molar-refractivity contribution in [2.75, 3.05) is 19.7 Å². The van der Waals surface area contributed by atoms with Gasteiger partial charge in [0, 0.05) is 61.7 Å². The van der Waals surface area contributed by atoms with E-state index in [1.54, 1.807) is 17.3 Å². The van der Waals surface area contributed by atoms with Crippen molar-refractivity contribution in [3.05, 3.63) is 47.8 Å². The molecule has 1 aromatic heterocycles. The quantitative estimate of drug-likeness (QED) is 0.413. The third kappa shape index (κ3) is 7.05. The van der Waals surface area contributed by atoms with Crippen molar-refractivity contribution in [2.24, 2.45) is 0 Å². The zero-order valence-corrected chi connectivity index (χ0v) is 23.8. The molecule has 2 saturated heterocycles. The van der Waals surface area contributed by atoms with Gasteiger partial charge in [-0.3, -0.25) is 9.59 Å². The summed E-state index contributed by atoms with van der Waals surface area (Å²) in [7, 11) is 0. The molecule has 3 heterocycles. The second kappa shape index (κ2) is 12.0. The molecule has 2 aliphatic heterocycles. The summed E-state index contributed by atoms with van der Waals surface area (Å²) < 4.78 is 11.1. The molecule has 214 valence electrons. The summed E-state index contributed by atoms with van der Waals surface area (Å²) in [4.78, 5) is 51.3. The molecule has 3 aliphatic rings. The molecule has 2 amide bonds. The zero-order valence-electron chi connectivity index (χ0n) is 23.8. The van der Waals surface area contributed by atoms with Gasteiger partial charge in [-0.15, -0.1) is 0 Å². The Morgan fingerprint density at radius 2 is 1.60 bits per heavy atom. The van der Waals surface area contributed by atoms with Gasteiger partial charge in [-0.2, -0.15) is 0 Å². The van der Waals surface area contributed by atoms with Crippen LogP contribution in [0.1, 0.15) is 92.9 Å². The normalized spacial score (nSPS) is 19.9. The van der Waals surface area contributed by atoms with E-state index in [9.17, 15) is 14.4 Å². The molecule has 1 saturated carbocycles. The molecule has 5 rings (SSSR count). The summed E-state index contributed by atoms with van der Waals surface area (Å²) in [6, 6.07) is 7.64. The number of hydrogen-bond acceptors (Lipinski definition) is 7. The van der Waals surface area contributed by atoms with Crippen LogP contribution in [-0.4, -0.2) is 81.0 Å². The number of carbonyl (C=O) groups is 3. The summed E-state index contributed by atoms with van der Waals surface area (Å²) in [6.07, 6.45) is 9.89. The minimum absolute atomic E-state index is 0.0584. The molecule has 0 radical (unpaired) electrons. The fourth-order valence-corrected chi connectivity index (χ4v) is 5.49. The first kappa shape index (κ1) is 28.2. The summed E-state index contributed by atoms with van der Waals surface area (Å²) >= 11 is 0. The van der Waals surface area contributed by atoms with Gasteiger partial charge in [-0.1, -0.05) is 24.3 Å². The number of likely N-dealkylation sites (tertiary alicyclic amines) is 1. The Bertz CT molecular complexity index is 1190. The molecule has 9 nitrogen and oxygen atoms in total. The smallest absolute Gasteiger partial charge is 0.410 e. The van der Waals surface area contributed by atoms with Crippen LogP contribution in [0.3, 0.4) is 0 Å². The van der Waals surface area contributed by atoms with E-state index in [2.05, 4.69) is 9.97 Å². The van der Waals surface area contributed by atoms with Gasteiger partial charge < -0.3 is 19.3 Å². The number of rotatable bonds is 8. The largest absolute Gasteiger partial charge is 0.444 e. The van der Waals surface area contributed by atoms with Crippen LogP contribution in [0.15, 0.2) is 36.7 Å². The molecular formula is C31H40N4O5. The lowest BCUT2D eigenvalue weighted by atomic mass is 10.0. The first-order chi connectivity index (χ1) is 19.2. The Balaban J connectivity index is 1.18. The highest BCUT2D eigenvalue weighted by molar-refractivity contribution is 5.96. The van der Waals surface area contributed by atoms with Crippen LogP contribution in [0.5, 0.6) is 0 Å². The molecule has 1 aliphatic carbocycles. The fourth-order valence-electron chi connectivity index (χ4n) is 5.49. The van der Waals surface area contributed by atoms with Gasteiger partial charge in [0.1, 0.15) is 5.60 Å². The van der Waals surface area contributed by atoms with E-state index >= 15 is 0 Å². The van der Waals surface area contributed by atoms with Crippen LogP contribution >= 0.6 is 0 Å². The van der Waals surface area contributed by atoms with Crippen molar-refractivity contribution in [2.45, 2.75) is 95.9 Å². The molecule has 9 heteroatoms. The Morgan fingerprint density at radius 1 is 0.950 bits per heavy atom. The molecular weight excluding hydrogens is 508 g/mol. The van der Waals surface area contributed by atoms with Gasteiger partial charge >= 0.3 is 6.09 Å². The standard InChI is InChI=1S/C31H40N4O5/c1-31(2,3)40-30(38)34-16-14-25(15-17-34)35(24-10-11-24)29(37)23-19-32-28(33-20-23)22-8-6-21(7-9-22)27(36)13-12-26-5-4-18-39-26/h6-9,19-20,24-26H,4-5,10-18H2,1-3H3. The fraction of sp³-hybridized carbons (Fsp3) is 0.581. The van der Waals surface area contributed by atoms with E-state index in [0.29, 0.717) is 36.5 Å². The number of benzene rings is 1. The highest BCUT2D eigenvalue weighted by Crippen LogP contribution is 2.33. The predicted octanol–water partition coefficient (Wildman–Crippen LogP) is 5.29. The molecule has 3 fully saturated rings. The zero-order chi connectivity index (χ0) is 28.3. The second-order valence-electron chi connectivity index (χ2n) is 12.1. The molecule has 0 bridgehead atoms. The Morgan fingerprint density at radius 3 is 2.17 bits per heavy atom. The van der Waals surface area contributed by atoms with Gasteiger partial charge in [-0.25, -0.2) is 14.8 Å². The average Bonchev–Trinajstić information content (AvgIpc) is 3.64. The van der Waals surface area contributed by atoms with Crippen molar-refractivity contribution >= 4 is 17.8 Å². The molecule has 0 spiro atoms. The van der Waals surface area contributed by atoms with E-state index < -0.39 is 5.60 Å². The molecule has 40 heavy (non-hydrogen) atoms. The van der Waals surface area contributed by atoms with Gasteiger partial charge in [0.2, 0.25) is 0 Å². The van der Waals surface area contributed by atoms with Crippen LogP contribution in [0.25, 0.3) is 11.4 Å². The lowest BCUT2D eigenvalue weighted by Gasteiger charge is -2.39. The van der Waals surface area contributed by atoms with Crippen LogP contribution in [0.4, 0.5) is 4.79 Å². The Hall–Kier alpha value is -3.33. The highest BCUT2D eigenvalue weighted by atomic mass is 16.6. The number of nitrogens with zero attached hydrogens (tertiary/aromatic N) is 4. The van der Waals surface area contributed by atoms with Crippen LogP contribution in [0, 0.1) is 0 Å². The van der Waals surface area contributed by atoms with E-state index in [1.807, 2.05) is 49.9 Å². The summed E-state index contributed by atoms with van der Waals surface area (Å²) in [5, 5.41) is 0. The molecule has 2 aromatic rings. The second-order valence-corrected chi connectivity index (χ2v) is 12.1. The van der Waals surface area contributed by atoms with Gasteiger partial charge in [0.15, 0.2) is 11.6 Å². The molecule has 0 N–H and O–H groups in total. The maximum Gasteiger partial charge on any atom is 0.410 e. The predicted molar refractivity (Wildman–Crippen MR) is 150 cm³/mol. The summed E-state index contributed by atoms with van der Waals surface area (Å²) in [6.45, 7) is 7.53. The third-order valence-electron chi connectivity index (χ3n) is 7.77. The number of aromatic nitrogens is 2. The SMILES string of the molecule is CC(C)(C)OC(=O)N1CCC(N(C(=O)c2cnc(-c3ccc(C(=O)CCC4CCCO4)cc3)nc2)C2CC2)CC1. The number of ketones is 1. The number of hydrogen-bond donors (Lipinski definition) is 0. The number of amides is 2. The van der Waals surface area contributed by atoms with Crippen molar-refractivity contribution in [3.8, 4) is 11.4 Å². The molecule has 1 aromatic carbocycles. The topological polar surface area (TPSA) is 102 Å². The Labute approximate surface area is 236 Å². The van der Waals surface area contributed by atoms with E-state index in [-0.39, 0.29) is 36.0 Å². The van der Waals surface area contributed by atoms with Crippen LogP contribution in [0.2, 0.25) is 0 Å². The number of carbonyl (C=O) groups excluding carboxylic acids is 3. The average molecular weight is 549 g/mol. The van der Waals surface area contributed by atoms with E-state index in [4.69, 9.17) is 9.47 Å². The first-order valence-electron chi connectivity index (χ1n) is 14.6. The monoisotopic (exact) mass is 548 g/mol. The van der Waals surface area contributed by atoms with Gasteiger partial charge in [0.25, 0.3) is 5.91 Å². The number of Topliss-reactive ketones (excluding diaryl/α,β-unsaturated/α-hetero) is 1. The van der Waals surface area contributed by atoms with Crippen molar-refractivity contribution in [1.82, 2.24) is 19.8 Å². The lowest BCUT2D eigenvalue weighted by Crippen LogP contribution is -2.50. The van der Waals surface area contributed by atoms with Gasteiger partial charge in [0.05, 0.1) is 11.7 Å². The minimum atomic E-state index is -0.528. The minimum Gasteiger partial charge on any atom is -0.444 e. The first-order valence-corrected chi connectivity index (χ1v) is 14.6. The van der Waals surface area contributed by atoms with Crippen molar-refractivity contribution < 1.29 is 23.9 Å².